The van der Waals surface area contributed by atoms with Crippen LogP contribution in [0.15, 0.2) is 35.0 Å². The van der Waals surface area contributed by atoms with Gasteiger partial charge in [-0.25, -0.2) is 4.79 Å². The Kier molecular flexibility index (Phi) is 3.69. The van der Waals surface area contributed by atoms with Crippen molar-refractivity contribution in [2.75, 3.05) is 13.7 Å². The highest BCUT2D eigenvalue weighted by atomic mass is 16.5. The number of aliphatic carboxylic acids is 1. The molecule has 104 valence electrons. The molecule has 7 heteroatoms. The minimum Gasteiger partial charge on any atom is -0.482 e. The molecule has 1 heterocycles. The summed E-state index contributed by atoms with van der Waals surface area (Å²) in [4.78, 5) is 27.1. The molecule has 0 fully saturated rings. The van der Waals surface area contributed by atoms with E-state index < -0.39 is 18.5 Å². The van der Waals surface area contributed by atoms with Crippen molar-refractivity contribution in [3.05, 3.63) is 35.5 Å². The Bertz CT molecular complexity index is 605. The lowest BCUT2D eigenvalue weighted by Crippen LogP contribution is -2.28. The monoisotopic (exact) mass is 275 g/mol. The molecule has 0 atom stereocenters. The lowest BCUT2D eigenvalue weighted by Gasteiger charge is -2.11. The van der Waals surface area contributed by atoms with E-state index in [2.05, 4.69) is 4.99 Å². The molecule has 0 saturated heterocycles. The summed E-state index contributed by atoms with van der Waals surface area (Å²) in [7, 11) is 1.65. The van der Waals surface area contributed by atoms with Gasteiger partial charge in [-0.05, 0) is 23.8 Å². The molecule has 20 heavy (non-hydrogen) atoms. The molecule has 1 aliphatic heterocycles. The molecule has 0 aliphatic carbocycles. The van der Waals surface area contributed by atoms with Crippen LogP contribution < -0.4 is 10.5 Å². The van der Waals surface area contributed by atoms with Gasteiger partial charge in [0.05, 0.1) is 0 Å². The first-order valence-electron chi connectivity index (χ1n) is 5.76. The van der Waals surface area contributed by atoms with Gasteiger partial charge in [0.1, 0.15) is 11.4 Å². The Balaban J connectivity index is 2.11. The topological polar surface area (TPSA) is 105 Å². The van der Waals surface area contributed by atoms with Gasteiger partial charge >= 0.3 is 5.97 Å². The number of rotatable bonds is 4. The second-order valence-electron chi connectivity index (χ2n) is 4.12. The zero-order valence-corrected chi connectivity index (χ0v) is 10.7. The number of amides is 1. The number of guanidine groups is 1. The van der Waals surface area contributed by atoms with Gasteiger partial charge in [0, 0.05) is 7.05 Å². The number of carboxylic acid groups (broad SMARTS) is 1. The summed E-state index contributed by atoms with van der Waals surface area (Å²) in [6, 6.07) is 6.66. The normalized spacial score (nSPS) is 16.4. The summed E-state index contributed by atoms with van der Waals surface area (Å²) in [6.45, 7) is -0.397. The average molecular weight is 275 g/mol. The second-order valence-corrected chi connectivity index (χ2v) is 4.12. The smallest absolute Gasteiger partial charge is 0.341 e. The first-order chi connectivity index (χ1) is 9.47. The second kappa shape index (κ2) is 5.43. The summed E-state index contributed by atoms with van der Waals surface area (Å²) >= 11 is 0. The van der Waals surface area contributed by atoms with E-state index in [1.54, 1.807) is 37.4 Å². The Morgan fingerprint density at radius 2 is 2.10 bits per heavy atom. The van der Waals surface area contributed by atoms with Crippen LogP contribution >= 0.6 is 0 Å². The van der Waals surface area contributed by atoms with E-state index in [1.807, 2.05) is 0 Å². The van der Waals surface area contributed by atoms with Crippen molar-refractivity contribution >= 4 is 23.9 Å². The molecule has 1 aromatic rings. The number of carboxylic acids is 1. The van der Waals surface area contributed by atoms with Crippen molar-refractivity contribution in [2.45, 2.75) is 0 Å². The van der Waals surface area contributed by atoms with Crippen molar-refractivity contribution in [3.8, 4) is 5.75 Å². The van der Waals surface area contributed by atoms with Crippen LogP contribution in [0.25, 0.3) is 6.08 Å². The van der Waals surface area contributed by atoms with E-state index in [-0.39, 0.29) is 5.96 Å². The third-order valence-electron chi connectivity index (χ3n) is 2.69. The minimum atomic E-state index is -1.04. The molecule has 0 bridgehead atoms. The van der Waals surface area contributed by atoms with E-state index in [1.165, 1.54) is 4.90 Å². The Morgan fingerprint density at radius 3 is 2.60 bits per heavy atom. The number of benzene rings is 1. The number of carbonyl (C=O) groups is 2. The number of likely N-dealkylation sites (N-methyl/N-ethyl adjacent to an activating group) is 1. The number of ether oxygens (including phenoxy) is 1. The Hall–Kier alpha value is -2.83. The van der Waals surface area contributed by atoms with E-state index >= 15 is 0 Å². The average Bonchev–Trinajstić information content (AvgIpc) is 2.64. The number of nitrogens with two attached hydrogens (primary N) is 1. The maximum absolute atomic E-state index is 11.6. The standard InChI is InChI=1S/C13H13N3O4/c1-16-10(12(19)15-13(16)14)6-8-2-4-9(5-3-8)20-7-11(17)18/h2-6H,7H2,1H3,(H,17,18)(H2,14,15,19)/b10-6+. The van der Waals surface area contributed by atoms with Crippen LogP contribution in [0.3, 0.4) is 0 Å². The summed E-state index contributed by atoms with van der Waals surface area (Å²) in [5.74, 6) is -0.836. The fourth-order valence-electron chi connectivity index (χ4n) is 1.62. The molecule has 1 aliphatic rings. The number of carbonyl (C=O) groups excluding carboxylic acids is 1. The minimum absolute atomic E-state index is 0.155. The molecule has 0 aromatic heterocycles. The SMILES string of the molecule is CN1C(N)=NC(=O)/C1=C\c1ccc(OCC(=O)O)cc1. The molecule has 1 amide bonds. The maximum atomic E-state index is 11.6. The third kappa shape index (κ3) is 2.94. The molecule has 0 radical (unpaired) electrons. The maximum Gasteiger partial charge on any atom is 0.341 e. The zero-order chi connectivity index (χ0) is 14.7. The Morgan fingerprint density at radius 1 is 1.45 bits per heavy atom. The summed E-state index contributed by atoms with van der Waals surface area (Å²) in [5, 5.41) is 8.50. The Labute approximate surface area is 115 Å². The highest BCUT2D eigenvalue weighted by Gasteiger charge is 2.23. The van der Waals surface area contributed by atoms with Crippen LogP contribution in [0.1, 0.15) is 5.56 Å². The number of aliphatic imine (C=N–C) groups is 1. The van der Waals surface area contributed by atoms with Crippen LogP contribution in [0.2, 0.25) is 0 Å². The lowest BCUT2D eigenvalue weighted by molar-refractivity contribution is -0.139. The highest BCUT2D eigenvalue weighted by Crippen LogP contribution is 2.18. The predicted octanol–water partition coefficient (Wildman–Crippen LogP) is 0.278. The molecule has 7 nitrogen and oxygen atoms in total. The lowest BCUT2D eigenvalue weighted by atomic mass is 10.2. The predicted molar refractivity (Wildman–Crippen MR) is 71.9 cm³/mol. The van der Waals surface area contributed by atoms with Gasteiger partial charge in [0.2, 0.25) is 5.96 Å². The molecule has 3 N–H and O–H groups in total. The number of hydrogen-bond donors (Lipinski definition) is 2. The molecule has 0 spiro atoms. The van der Waals surface area contributed by atoms with Gasteiger partial charge in [-0.2, -0.15) is 4.99 Å². The van der Waals surface area contributed by atoms with Gasteiger partial charge in [-0.15, -0.1) is 0 Å². The van der Waals surface area contributed by atoms with Crippen LogP contribution in [0.4, 0.5) is 0 Å². The van der Waals surface area contributed by atoms with E-state index in [0.29, 0.717) is 11.4 Å². The zero-order valence-electron chi connectivity index (χ0n) is 10.7. The van der Waals surface area contributed by atoms with Crippen LogP contribution in [0.5, 0.6) is 5.75 Å². The first-order valence-corrected chi connectivity index (χ1v) is 5.76. The van der Waals surface area contributed by atoms with Gasteiger partial charge in [-0.3, -0.25) is 4.79 Å². The van der Waals surface area contributed by atoms with Crippen LogP contribution in [-0.4, -0.2) is 41.5 Å². The summed E-state index contributed by atoms with van der Waals surface area (Å²) in [6.07, 6.45) is 1.65. The van der Waals surface area contributed by atoms with Crippen molar-refractivity contribution in [3.63, 3.8) is 0 Å². The van der Waals surface area contributed by atoms with E-state index in [9.17, 15) is 9.59 Å². The van der Waals surface area contributed by atoms with Crippen LogP contribution in [0, 0.1) is 0 Å². The molecule has 1 aromatic carbocycles. The van der Waals surface area contributed by atoms with Gasteiger partial charge in [0.25, 0.3) is 5.91 Å². The van der Waals surface area contributed by atoms with Gasteiger partial charge in [0.15, 0.2) is 6.61 Å². The molecule has 2 rings (SSSR count). The van der Waals surface area contributed by atoms with Crippen molar-refractivity contribution < 1.29 is 19.4 Å². The first kappa shape index (κ1) is 13.6. The number of hydrogen-bond acceptors (Lipinski definition) is 5. The fraction of sp³-hybridized carbons (Fsp3) is 0.154. The molecule has 0 unspecified atom stereocenters. The largest absolute Gasteiger partial charge is 0.482 e. The van der Waals surface area contributed by atoms with Gasteiger partial charge < -0.3 is 20.5 Å². The van der Waals surface area contributed by atoms with E-state index in [0.717, 1.165) is 5.56 Å². The molecule has 0 saturated carbocycles. The molecular weight excluding hydrogens is 262 g/mol. The quantitative estimate of drug-likeness (QED) is 0.764. The van der Waals surface area contributed by atoms with Crippen molar-refractivity contribution in [1.82, 2.24) is 4.90 Å². The van der Waals surface area contributed by atoms with E-state index in [4.69, 9.17) is 15.6 Å². The van der Waals surface area contributed by atoms with Gasteiger partial charge in [-0.1, -0.05) is 12.1 Å². The summed E-state index contributed by atoms with van der Waals surface area (Å²) in [5.41, 5.74) is 6.68. The third-order valence-corrected chi connectivity index (χ3v) is 2.69. The van der Waals surface area contributed by atoms with Crippen LogP contribution in [-0.2, 0) is 9.59 Å². The summed E-state index contributed by atoms with van der Waals surface area (Å²) < 4.78 is 5.01. The van der Waals surface area contributed by atoms with Crippen molar-refractivity contribution in [1.29, 1.82) is 0 Å². The van der Waals surface area contributed by atoms with Crippen molar-refractivity contribution in [2.24, 2.45) is 10.7 Å². The number of nitrogens with zero attached hydrogens (tertiary/aromatic N) is 2. The molecular formula is C13H13N3O4. The fourth-order valence-corrected chi connectivity index (χ4v) is 1.62. The highest BCUT2D eigenvalue weighted by molar-refractivity contribution is 6.11.